The lowest BCUT2D eigenvalue weighted by Gasteiger charge is -2.32. The Morgan fingerprint density at radius 1 is 1.12 bits per heavy atom. The van der Waals surface area contributed by atoms with Crippen LogP contribution < -0.4 is 0 Å². The fourth-order valence-electron chi connectivity index (χ4n) is 3.74. The van der Waals surface area contributed by atoms with E-state index in [1.54, 1.807) is 12.1 Å². The lowest BCUT2D eigenvalue weighted by Crippen LogP contribution is -2.56. The predicted molar refractivity (Wildman–Crippen MR) is 112 cm³/mol. The predicted octanol–water partition coefficient (Wildman–Crippen LogP) is 4.05. The molecule has 1 aromatic heterocycles. The van der Waals surface area contributed by atoms with Crippen LogP contribution in [0.1, 0.15) is 39.0 Å². The standard InChI is InChI=1S/C23H21F3N4O2/c1-15-8-16(2)10-18(9-15)20-11-22(32,23(24,25)26)30(28-20)21(31)19-12-27-29(14-19)13-17-6-4-3-5-7-17/h3-10,12,14,32H,11,13H2,1-2H3. The maximum atomic E-state index is 13.9. The van der Waals surface area contributed by atoms with Crippen LogP contribution in [-0.2, 0) is 6.54 Å². The van der Waals surface area contributed by atoms with Gasteiger partial charge in [0.25, 0.3) is 11.6 Å². The van der Waals surface area contributed by atoms with Crippen molar-refractivity contribution < 1.29 is 23.1 Å². The molecule has 0 aliphatic carbocycles. The second-order valence-corrected chi connectivity index (χ2v) is 7.94. The van der Waals surface area contributed by atoms with Gasteiger partial charge in [-0.25, -0.2) is 0 Å². The number of hydrazone groups is 1. The van der Waals surface area contributed by atoms with Crippen molar-refractivity contribution in [2.24, 2.45) is 5.10 Å². The number of carbonyl (C=O) groups excluding carboxylic acids is 1. The van der Waals surface area contributed by atoms with Gasteiger partial charge < -0.3 is 5.11 Å². The molecule has 1 atom stereocenters. The van der Waals surface area contributed by atoms with Gasteiger partial charge in [0.05, 0.1) is 30.4 Å². The topological polar surface area (TPSA) is 70.7 Å². The minimum Gasteiger partial charge on any atom is -0.362 e. The lowest BCUT2D eigenvalue weighted by atomic mass is 9.98. The van der Waals surface area contributed by atoms with Crippen molar-refractivity contribution in [3.05, 3.63) is 88.7 Å². The Kier molecular flexibility index (Phi) is 5.37. The molecule has 32 heavy (non-hydrogen) atoms. The summed E-state index contributed by atoms with van der Waals surface area (Å²) >= 11 is 0. The molecule has 0 spiro atoms. The minimum atomic E-state index is -5.10. The summed E-state index contributed by atoms with van der Waals surface area (Å²) in [6.07, 6.45) is -3.45. The van der Waals surface area contributed by atoms with E-state index in [2.05, 4.69) is 10.2 Å². The van der Waals surface area contributed by atoms with Gasteiger partial charge in [-0.3, -0.25) is 9.48 Å². The maximum Gasteiger partial charge on any atom is 0.438 e. The zero-order valence-electron chi connectivity index (χ0n) is 17.5. The fraction of sp³-hybridized carbons (Fsp3) is 0.261. The molecule has 0 radical (unpaired) electrons. The van der Waals surface area contributed by atoms with Crippen molar-refractivity contribution in [1.82, 2.24) is 14.8 Å². The Morgan fingerprint density at radius 2 is 1.78 bits per heavy atom. The van der Waals surface area contributed by atoms with Crippen LogP contribution in [0.25, 0.3) is 0 Å². The molecule has 1 unspecified atom stereocenters. The van der Waals surface area contributed by atoms with Gasteiger partial charge in [-0.2, -0.15) is 28.4 Å². The van der Waals surface area contributed by atoms with E-state index in [-0.39, 0.29) is 16.3 Å². The second kappa shape index (κ2) is 7.90. The van der Waals surface area contributed by atoms with Crippen LogP contribution in [0.4, 0.5) is 13.2 Å². The summed E-state index contributed by atoms with van der Waals surface area (Å²) in [6.45, 7) is 3.97. The number of aryl methyl sites for hydroxylation is 2. The maximum absolute atomic E-state index is 13.9. The average Bonchev–Trinajstić information content (AvgIpc) is 3.32. The number of carbonyl (C=O) groups is 1. The first-order chi connectivity index (χ1) is 15.1. The molecule has 1 N–H and O–H groups in total. The van der Waals surface area contributed by atoms with Gasteiger partial charge in [-0.1, -0.05) is 59.7 Å². The van der Waals surface area contributed by atoms with Crippen LogP contribution in [0.5, 0.6) is 0 Å². The summed E-state index contributed by atoms with van der Waals surface area (Å²) in [6, 6.07) is 14.5. The highest BCUT2D eigenvalue weighted by molar-refractivity contribution is 6.05. The van der Waals surface area contributed by atoms with Gasteiger partial charge in [-0.05, 0) is 25.0 Å². The summed E-state index contributed by atoms with van der Waals surface area (Å²) < 4.78 is 43.1. The number of halogens is 3. The van der Waals surface area contributed by atoms with Crippen LogP contribution in [0, 0.1) is 13.8 Å². The van der Waals surface area contributed by atoms with Gasteiger partial charge >= 0.3 is 6.18 Å². The van der Waals surface area contributed by atoms with E-state index in [0.717, 1.165) is 16.7 Å². The van der Waals surface area contributed by atoms with Crippen LogP contribution in [0.15, 0.2) is 66.0 Å². The quantitative estimate of drug-likeness (QED) is 0.663. The molecule has 2 heterocycles. The monoisotopic (exact) mass is 442 g/mol. The van der Waals surface area contributed by atoms with Crippen LogP contribution >= 0.6 is 0 Å². The van der Waals surface area contributed by atoms with Crippen molar-refractivity contribution in [3.63, 3.8) is 0 Å². The molecule has 166 valence electrons. The van der Waals surface area contributed by atoms with E-state index in [4.69, 9.17) is 0 Å². The molecule has 1 aliphatic heterocycles. The van der Waals surface area contributed by atoms with Crippen LogP contribution in [0.3, 0.4) is 0 Å². The highest BCUT2D eigenvalue weighted by Crippen LogP contribution is 2.42. The number of aliphatic hydroxyl groups is 1. The van der Waals surface area contributed by atoms with Crippen LogP contribution in [-0.4, -0.2) is 43.4 Å². The zero-order valence-corrected chi connectivity index (χ0v) is 17.5. The Labute approximate surface area is 182 Å². The number of hydrogen-bond acceptors (Lipinski definition) is 4. The number of alkyl halides is 3. The van der Waals surface area contributed by atoms with E-state index in [1.807, 2.05) is 50.2 Å². The van der Waals surface area contributed by atoms with Gasteiger partial charge in [0, 0.05) is 6.20 Å². The molecular formula is C23H21F3N4O2. The molecule has 4 rings (SSSR count). The second-order valence-electron chi connectivity index (χ2n) is 7.94. The number of nitrogens with zero attached hydrogens (tertiary/aromatic N) is 4. The SMILES string of the molecule is Cc1cc(C)cc(C2=NN(C(=O)c3cnn(Cc4ccccc4)c3)C(O)(C(F)(F)F)C2)c1. The Balaban J connectivity index is 1.67. The van der Waals surface area contributed by atoms with E-state index in [1.165, 1.54) is 17.1 Å². The van der Waals surface area contributed by atoms with Crippen molar-refractivity contribution in [1.29, 1.82) is 0 Å². The number of rotatable bonds is 4. The Bertz CT molecular complexity index is 1170. The van der Waals surface area contributed by atoms with Gasteiger partial charge in [-0.15, -0.1) is 0 Å². The molecule has 1 amide bonds. The summed E-state index contributed by atoms with van der Waals surface area (Å²) in [5.74, 6) is -1.08. The molecule has 2 aromatic carbocycles. The van der Waals surface area contributed by atoms with E-state index in [0.29, 0.717) is 12.1 Å². The smallest absolute Gasteiger partial charge is 0.362 e. The summed E-state index contributed by atoms with van der Waals surface area (Å²) in [4.78, 5) is 13.0. The Morgan fingerprint density at radius 3 is 2.41 bits per heavy atom. The molecule has 3 aromatic rings. The molecule has 0 bridgehead atoms. The molecule has 0 saturated carbocycles. The third kappa shape index (κ3) is 4.03. The van der Waals surface area contributed by atoms with Crippen LogP contribution in [0.2, 0.25) is 0 Å². The lowest BCUT2D eigenvalue weighted by molar-refractivity contribution is -0.297. The first-order valence-corrected chi connectivity index (χ1v) is 9.93. The first-order valence-electron chi connectivity index (χ1n) is 9.93. The number of aromatic nitrogens is 2. The van der Waals surface area contributed by atoms with E-state index < -0.39 is 24.2 Å². The van der Waals surface area contributed by atoms with E-state index >= 15 is 0 Å². The fourth-order valence-corrected chi connectivity index (χ4v) is 3.74. The highest BCUT2D eigenvalue weighted by Gasteiger charge is 2.63. The third-order valence-electron chi connectivity index (χ3n) is 5.25. The van der Waals surface area contributed by atoms with Crippen molar-refractivity contribution in [2.75, 3.05) is 0 Å². The molecule has 0 fully saturated rings. The molecular weight excluding hydrogens is 421 g/mol. The minimum absolute atomic E-state index is 0.0124. The van der Waals surface area contributed by atoms with Crippen molar-refractivity contribution in [3.8, 4) is 0 Å². The molecule has 6 nitrogen and oxygen atoms in total. The summed E-state index contributed by atoms with van der Waals surface area (Å²) in [5, 5.41) is 18.7. The summed E-state index contributed by atoms with van der Waals surface area (Å²) in [5.41, 5.74) is -0.539. The molecule has 9 heteroatoms. The number of benzene rings is 2. The normalized spacial score (nSPS) is 18.7. The number of hydrogen-bond donors (Lipinski definition) is 1. The average molecular weight is 442 g/mol. The molecule has 1 aliphatic rings. The van der Waals surface area contributed by atoms with Gasteiger partial charge in [0.2, 0.25) is 0 Å². The van der Waals surface area contributed by atoms with Gasteiger partial charge in [0.1, 0.15) is 0 Å². The van der Waals surface area contributed by atoms with E-state index in [9.17, 15) is 23.1 Å². The highest BCUT2D eigenvalue weighted by atomic mass is 19.4. The molecule has 0 saturated heterocycles. The third-order valence-corrected chi connectivity index (χ3v) is 5.25. The summed E-state index contributed by atoms with van der Waals surface area (Å²) in [7, 11) is 0. The van der Waals surface area contributed by atoms with Crippen molar-refractivity contribution >= 4 is 11.6 Å². The van der Waals surface area contributed by atoms with Crippen molar-refractivity contribution in [2.45, 2.75) is 38.7 Å². The largest absolute Gasteiger partial charge is 0.438 e. The first kappa shape index (κ1) is 21.8. The zero-order chi connectivity index (χ0) is 23.1. The number of amides is 1. The Hall–Kier alpha value is -3.46. The van der Waals surface area contributed by atoms with Gasteiger partial charge in [0.15, 0.2) is 0 Å².